The SMILES string of the molecule is COc1cc(/C=C2\N=C(c3ccccc3OC)OC2=O)c([N+](=O)[O-])cc1OC. The Balaban J connectivity index is 2.09. The lowest BCUT2D eigenvalue weighted by molar-refractivity contribution is -0.385. The van der Waals surface area contributed by atoms with E-state index < -0.39 is 10.9 Å². The van der Waals surface area contributed by atoms with Gasteiger partial charge in [-0.1, -0.05) is 12.1 Å². The van der Waals surface area contributed by atoms with Gasteiger partial charge in [-0.15, -0.1) is 0 Å². The number of rotatable bonds is 6. The van der Waals surface area contributed by atoms with Gasteiger partial charge in [0.25, 0.3) is 5.69 Å². The number of nitrogens with zero attached hydrogens (tertiary/aromatic N) is 2. The minimum absolute atomic E-state index is 0.0526. The van der Waals surface area contributed by atoms with Gasteiger partial charge in [0.2, 0.25) is 5.90 Å². The van der Waals surface area contributed by atoms with Crippen LogP contribution in [0.2, 0.25) is 0 Å². The average molecular weight is 384 g/mol. The highest BCUT2D eigenvalue weighted by atomic mass is 16.6. The molecular formula is C19H16N2O7. The second-order valence-electron chi connectivity index (χ2n) is 5.56. The number of cyclic esters (lactones) is 1. The summed E-state index contributed by atoms with van der Waals surface area (Å²) in [7, 11) is 4.26. The van der Waals surface area contributed by atoms with Crippen LogP contribution in [0.25, 0.3) is 6.08 Å². The lowest BCUT2D eigenvalue weighted by Crippen LogP contribution is -2.07. The van der Waals surface area contributed by atoms with Crippen molar-refractivity contribution in [1.29, 1.82) is 0 Å². The Morgan fingerprint density at radius 3 is 2.32 bits per heavy atom. The minimum Gasteiger partial charge on any atom is -0.496 e. The number of esters is 1. The predicted octanol–water partition coefficient (Wildman–Crippen LogP) is 2.97. The normalized spacial score (nSPS) is 14.5. The molecule has 0 unspecified atom stereocenters. The van der Waals surface area contributed by atoms with Crippen LogP contribution in [0.15, 0.2) is 47.1 Å². The van der Waals surface area contributed by atoms with Crippen molar-refractivity contribution in [2.24, 2.45) is 4.99 Å². The van der Waals surface area contributed by atoms with Gasteiger partial charge >= 0.3 is 5.97 Å². The third-order valence-electron chi connectivity index (χ3n) is 3.98. The summed E-state index contributed by atoms with van der Waals surface area (Å²) in [4.78, 5) is 27.3. The molecule has 0 saturated heterocycles. The first-order valence-corrected chi connectivity index (χ1v) is 8.04. The van der Waals surface area contributed by atoms with E-state index in [2.05, 4.69) is 4.99 Å². The van der Waals surface area contributed by atoms with Gasteiger partial charge in [0, 0.05) is 0 Å². The Hall–Kier alpha value is -3.88. The number of nitro groups is 1. The smallest absolute Gasteiger partial charge is 0.363 e. The van der Waals surface area contributed by atoms with Gasteiger partial charge in [0.15, 0.2) is 17.2 Å². The fraction of sp³-hybridized carbons (Fsp3) is 0.158. The number of nitro benzene ring substituents is 1. The van der Waals surface area contributed by atoms with E-state index in [1.807, 2.05) is 0 Å². The average Bonchev–Trinajstić information content (AvgIpc) is 3.07. The van der Waals surface area contributed by atoms with Crippen molar-refractivity contribution in [1.82, 2.24) is 0 Å². The Labute approximate surface area is 160 Å². The zero-order valence-electron chi connectivity index (χ0n) is 15.3. The number of aliphatic imine (C=N–C) groups is 1. The van der Waals surface area contributed by atoms with E-state index in [4.69, 9.17) is 18.9 Å². The quantitative estimate of drug-likeness (QED) is 0.326. The van der Waals surface area contributed by atoms with Crippen molar-refractivity contribution >= 4 is 23.6 Å². The van der Waals surface area contributed by atoms with Gasteiger partial charge in [-0.3, -0.25) is 10.1 Å². The van der Waals surface area contributed by atoms with Crippen LogP contribution >= 0.6 is 0 Å². The fourth-order valence-electron chi connectivity index (χ4n) is 2.65. The van der Waals surface area contributed by atoms with Gasteiger partial charge in [-0.25, -0.2) is 9.79 Å². The van der Waals surface area contributed by atoms with Gasteiger partial charge in [-0.05, 0) is 24.3 Å². The summed E-state index contributed by atoms with van der Waals surface area (Å²) in [6.45, 7) is 0. The Kier molecular flexibility index (Phi) is 5.25. The zero-order chi connectivity index (χ0) is 20.3. The molecule has 144 valence electrons. The summed E-state index contributed by atoms with van der Waals surface area (Å²) < 4.78 is 20.7. The van der Waals surface area contributed by atoms with E-state index in [0.29, 0.717) is 11.3 Å². The van der Waals surface area contributed by atoms with Crippen LogP contribution in [0.5, 0.6) is 17.2 Å². The van der Waals surface area contributed by atoms with Crippen LogP contribution in [-0.4, -0.2) is 38.1 Å². The largest absolute Gasteiger partial charge is 0.496 e. The van der Waals surface area contributed by atoms with E-state index in [0.717, 1.165) is 0 Å². The summed E-state index contributed by atoms with van der Waals surface area (Å²) in [5.41, 5.74) is 0.262. The number of methoxy groups -OCH3 is 3. The van der Waals surface area contributed by atoms with Crippen molar-refractivity contribution in [3.8, 4) is 17.2 Å². The number of carbonyl (C=O) groups is 1. The second-order valence-corrected chi connectivity index (χ2v) is 5.56. The lowest BCUT2D eigenvalue weighted by Gasteiger charge is -2.08. The fourth-order valence-corrected chi connectivity index (χ4v) is 2.65. The number of hydrogen-bond donors (Lipinski definition) is 0. The van der Waals surface area contributed by atoms with Crippen LogP contribution in [-0.2, 0) is 9.53 Å². The molecule has 3 rings (SSSR count). The van der Waals surface area contributed by atoms with Gasteiger partial charge in [0.05, 0.1) is 43.4 Å². The predicted molar refractivity (Wildman–Crippen MR) is 99.8 cm³/mol. The van der Waals surface area contributed by atoms with Crippen molar-refractivity contribution in [3.05, 3.63) is 63.3 Å². The first-order valence-electron chi connectivity index (χ1n) is 8.04. The third-order valence-corrected chi connectivity index (χ3v) is 3.98. The molecule has 9 heteroatoms. The third kappa shape index (κ3) is 3.50. The molecule has 9 nitrogen and oxygen atoms in total. The first-order chi connectivity index (χ1) is 13.5. The molecule has 0 amide bonds. The molecule has 2 aromatic carbocycles. The molecule has 28 heavy (non-hydrogen) atoms. The maximum absolute atomic E-state index is 12.2. The summed E-state index contributed by atoms with van der Waals surface area (Å²) in [5.74, 6) is 0.276. The van der Waals surface area contributed by atoms with E-state index in [-0.39, 0.29) is 34.3 Å². The summed E-state index contributed by atoms with van der Waals surface area (Å²) in [5, 5.41) is 11.4. The number of benzene rings is 2. The summed E-state index contributed by atoms with van der Waals surface area (Å²) in [6.07, 6.45) is 1.27. The second kappa shape index (κ2) is 7.78. The number of para-hydroxylation sites is 1. The highest BCUT2D eigenvalue weighted by molar-refractivity contribution is 6.14. The van der Waals surface area contributed by atoms with Gasteiger partial charge in [0.1, 0.15) is 5.75 Å². The number of carbonyl (C=O) groups excluding carboxylic acids is 1. The van der Waals surface area contributed by atoms with Crippen LogP contribution in [0, 0.1) is 10.1 Å². The minimum atomic E-state index is -0.731. The molecule has 0 N–H and O–H groups in total. The maximum atomic E-state index is 12.2. The molecule has 1 heterocycles. The topological polar surface area (TPSA) is 109 Å². The molecule has 0 radical (unpaired) electrons. The maximum Gasteiger partial charge on any atom is 0.363 e. The Bertz CT molecular complexity index is 1010. The molecule has 0 fully saturated rings. The molecule has 0 aromatic heterocycles. The van der Waals surface area contributed by atoms with Crippen molar-refractivity contribution in [3.63, 3.8) is 0 Å². The summed E-state index contributed by atoms with van der Waals surface area (Å²) in [6, 6.07) is 9.52. The number of ether oxygens (including phenoxy) is 4. The van der Waals surface area contributed by atoms with Crippen LogP contribution in [0.1, 0.15) is 11.1 Å². The van der Waals surface area contributed by atoms with Crippen LogP contribution in [0.3, 0.4) is 0 Å². The van der Waals surface area contributed by atoms with Crippen LogP contribution in [0.4, 0.5) is 5.69 Å². The monoisotopic (exact) mass is 384 g/mol. The molecule has 0 saturated carbocycles. The molecule has 0 bridgehead atoms. The highest BCUT2D eigenvalue weighted by Gasteiger charge is 2.28. The van der Waals surface area contributed by atoms with Gasteiger partial charge < -0.3 is 18.9 Å². The number of hydrogen-bond acceptors (Lipinski definition) is 8. The highest BCUT2D eigenvalue weighted by Crippen LogP contribution is 2.36. The van der Waals surface area contributed by atoms with Gasteiger partial charge in [-0.2, -0.15) is 0 Å². The molecule has 1 aliphatic rings. The summed E-state index contributed by atoms with van der Waals surface area (Å²) >= 11 is 0. The molecule has 2 aromatic rings. The zero-order valence-corrected chi connectivity index (χ0v) is 15.3. The van der Waals surface area contributed by atoms with Crippen molar-refractivity contribution in [2.45, 2.75) is 0 Å². The van der Waals surface area contributed by atoms with Crippen LogP contribution < -0.4 is 14.2 Å². The first kappa shape index (κ1) is 18.9. The van der Waals surface area contributed by atoms with Crippen molar-refractivity contribution < 1.29 is 28.7 Å². The Morgan fingerprint density at radius 2 is 1.68 bits per heavy atom. The Morgan fingerprint density at radius 1 is 1.04 bits per heavy atom. The van der Waals surface area contributed by atoms with E-state index in [1.165, 1.54) is 39.5 Å². The van der Waals surface area contributed by atoms with E-state index in [1.54, 1.807) is 24.3 Å². The molecule has 1 aliphatic heterocycles. The molecular weight excluding hydrogens is 368 g/mol. The molecule has 0 aliphatic carbocycles. The van der Waals surface area contributed by atoms with E-state index >= 15 is 0 Å². The standard InChI is InChI=1S/C19H16N2O7/c1-25-15-7-5-4-6-12(15)18-20-13(19(22)28-18)8-11-9-16(26-2)17(27-3)10-14(11)21(23)24/h4-10H,1-3H3/b13-8-. The lowest BCUT2D eigenvalue weighted by atomic mass is 10.1. The van der Waals surface area contributed by atoms with E-state index in [9.17, 15) is 14.9 Å². The molecule has 0 atom stereocenters. The van der Waals surface area contributed by atoms with Crippen molar-refractivity contribution in [2.75, 3.05) is 21.3 Å². The molecule has 0 spiro atoms.